The van der Waals surface area contributed by atoms with Crippen LogP contribution in [-0.4, -0.2) is 33.1 Å². The molecule has 0 bridgehead atoms. The van der Waals surface area contributed by atoms with Gasteiger partial charge in [0.25, 0.3) is 11.8 Å². The van der Waals surface area contributed by atoms with Crippen molar-refractivity contribution in [2.75, 3.05) is 11.9 Å². The van der Waals surface area contributed by atoms with E-state index >= 15 is 0 Å². The van der Waals surface area contributed by atoms with E-state index in [2.05, 4.69) is 59.2 Å². The molecule has 0 spiro atoms. The second-order valence-corrected chi connectivity index (χ2v) is 9.68. The first-order valence-corrected chi connectivity index (χ1v) is 12.4. The van der Waals surface area contributed by atoms with Crippen molar-refractivity contribution >= 4 is 71.7 Å². The molecule has 0 fully saturated rings. The van der Waals surface area contributed by atoms with Gasteiger partial charge in [-0.05, 0) is 57.0 Å². The number of benzene rings is 2. The van der Waals surface area contributed by atoms with Gasteiger partial charge in [0.2, 0.25) is 0 Å². The molecule has 0 unspecified atom stereocenters. The summed E-state index contributed by atoms with van der Waals surface area (Å²) in [6, 6.07) is 10.3. The zero-order valence-electron chi connectivity index (χ0n) is 18.5. The fraction of sp³-hybridized carbons (Fsp3) is 0.0833. The van der Waals surface area contributed by atoms with Crippen molar-refractivity contribution in [1.29, 1.82) is 0 Å². The van der Waals surface area contributed by atoms with Crippen LogP contribution in [0.2, 0.25) is 5.02 Å². The Kier molecular flexibility index (Phi) is 7.72. The molecule has 0 aliphatic rings. The monoisotopic (exact) mass is 655 g/mol. The molecule has 37 heavy (non-hydrogen) atoms. The lowest BCUT2D eigenvalue weighted by Crippen LogP contribution is -2.26. The van der Waals surface area contributed by atoms with E-state index < -0.39 is 29.4 Å². The summed E-state index contributed by atoms with van der Waals surface area (Å²) in [5, 5.41) is 10.0. The van der Waals surface area contributed by atoms with Crippen LogP contribution in [0, 0.1) is 0 Å². The minimum Gasteiger partial charge on any atom is -0.349 e. The van der Waals surface area contributed by atoms with E-state index in [0.717, 1.165) is 4.47 Å². The molecule has 0 aliphatic carbocycles. The maximum absolute atomic E-state index is 13.5. The van der Waals surface area contributed by atoms with Gasteiger partial charge in [-0.25, -0.2) is 9.67 Å². The number of carbonyl (C=O) groups excluding carboxylic acids is 2. The molecule has 0 aliphatic heterocycles. The van der Waals surface area contributed by atoms with E-state index in [1.807, 2.05) is 0 Å². The van der Waals surface area contributed by atoms with E-state index in [0.29, 0.717) is 26.0 Å². The number of carbonyl (C=O) groups is 2. The van der Waals surface area contributed by atoms with Crippen LogP contribution in [0.5, 0.6) is 0 Å². The molecule has 2 N–H and O–H groups in total. The number of amides is 2. The average molecular weight is 658 g/mol. The van der Waals surface area contributed by atoms with Crippen molar-refractivity contribution < 1.29 is 22.8 Å². The molecule has 13 heteroatoms. The summed E-state index contributed by atoms with van der Waals surface area (Å²) in [5.41, 5.74) is -1.68. The van der Waals surface area contributed by atoms with E-state index in [-0.39, 0.29) is 28.6 Å². The quantitative estimate of drug-likeness (QED) is 0.224. The summed E-state index contributed by atoms with van der Waals surface area (Å²) < 4.78 is 42.4. The first-order valence-electron chi connectivity index (χ1n) is 10.4. The molecule has 2 amide bonds. The highest BCUT2D eigenvalue weighted by Gasteiger charge is 2.37. The summed E-state index contributed by atoms with van der Waals surface area (Å²) in [5.74, 6) is -1.68. The molecule has 4 aromatic rings. The molecular weight excluding hydrogens is 643 g/mol. The fourth-order valence-electron chi connectivity index (χ4n) is 3.45. The number of anilines is 1. The van der Waals surface area contributed by atoms with E-state index in [9.17, 15) is 22.8 Å². The molecule has 0 atom stereocenters. The number of nitrogens with zero attached hydrogens (tertiary/aromatic N) is 3. The molecule has 190 valence electrons. The van der Waals surface area contributed by atoms with Gasteiger partial charge < -0.3 is 10.6 Å². The number of pyridine rings is 1. The van der Waals surface area contributed by atoms with Crippen LogP contribution < -0.4 is 10.6 Å². The lowest BCUT2D eigenvalue weighted by Gasteiger charge is -2.16. The SMILES string of the molecule is C=CCNC(=O)c1cc2cc(Br)ccc2c(Br)c1NC(=O)c1cc(C(F)(F)F)nn1-c1ncccc1Cl. The standard InChI is InChI=1S/C24H15Br2ClF3N5O2/c1-2-7-32-22(36)15-10-12-9-13(25)5-6-14(12)19(26)20(15)33-23(37)17-11-18(24(28,29)30)34-35(17)21-16(27)4-3-8-31-21/h2-6,8-11H,1,7H2,(H,32,36)(H,33,37). The Balaban J connectivity index is 1.86. The Hall–Kier alpha value is -3.22. The number of fused-ring (bicyclic) bond motifs is 1. The summed E-state index contributed by atoms with van der Waals surface area (Å²) in [6.07, 6.45) is -2.05. The summed E-state index contributed by atoms with van der Waals surface area (Å²) >= 11 is 13.0. The average Bonchev–Trinajstić information content (AvgIpc) is 3.30. The van der Waals surface area contributed by atoms with Gasteiger partial charge in [0, 0.05) is 27.8 Å². The van der Waals surface area contributed by atoms with Gasteiger partial charge in [0.05, 0.1) is 16.3 Å². The maximum Gasteiger partial charge on any atom is 0.435 e. The summed E-state index contributed by atoms with van der Waals surface area (Å²) in [6.45, 7) is 3.72. The molecule has 0 saturated carbocycles. The van der Waals surface area contributed by atoms with Gasteiger partial charge in [0.1, 0.15) is 5.69 Å². The zero-order valence-corrected chi connectivity index (χ0v) is 22.5. The van der Waals surface area contributed by atoms with Crippen LogP contribution in [0.25, 0.3) is 16.6 Å². The van der Waals surface area contributed by atoms with Crippen molar-refractivity contribution in [3.8, 4) is 5.82 Å². The van der Waals surface area contributed by atoms with E-state index in [4.69, 9.17) is 11.6 Å². The third-order valence-corrected chi connectivity index (χ3v) is 6.71. The molecule has 7 nitrogen and oxygen atoms in total. The second kappa shape index (κ2) is 10.6. The van der Waals surface area contributed by atoms with Gasteiger partial charge in [0.15, 0.2) is 11.5 Å². The Morgan fingerprint density at radius 1 is 1.14 bits per heavy atom. The Bertz CT molecular complexity index is 1560. The topological polar surface area (TPSA) is 88.9 Å². The minimum atomic E-state index is -4.84. The van der Waals surface area contributed by atoms with Crippen molar-refractivity contribution in [2.24, 2.45) is 0 Å². The van der Waals surface area contributed by atoms with Gasteiger partial charge in [-0.2, -0.15) is 18.3 Å². The lowest BCUT2D eigenvalue weighted by atomic mass is 10.0. The van der Waals surface area contributed by atoms with Crippen LogP contribution in [-0.2, 0) is 6.18 Å². The number of hydrogen-bond donors (Lipinski definition) is 2. The van der Waals surface area contributed by atoms with Gasteiger partial charge in [-0.15, -0.1) is 6.58 Å². The van der Waals surface area contributed by atoms with Crippen molar-refractivity contribution in [3.05, 3.63) is 92.2 Å². The molecular formula is C24H15Br2ClF3N5O2. The first-order chi connectivity index (χ1) is 17.5. The minimum absolute atomic E-state index is 0.0182. The lowest BCUT2D eigenvalue weighted by molar-refractivity contribution is -0.141. The highest BCUT2D eigenvalue weighted by Crippen LogP contribution is 2.37. The van der Waals surface area contributed by atoms with Crippen molar-refractivity contribution in [3.63, 3.8) is 0 Å². The van der Waals surface area contributed by atoms with Crippen LogP contribution >= 0.6 is 43.5 Å². The van der Waals surface area contributed by atoms with Crippen molar-refractivity contribution in [2.45, 2.75) is 6.18 Å². The molecule has 4 rings (SSSR count). The Morgan fingerprint density at radius 2 is 1.89 bits per heavy atom. The largest absolute Gasteiger partial charge is 0.435 e. The Morgan fingerprint density at radius 3 is 2.57 bits per heavy atom. The van der Waals surface area contributed by atoms with E-state index in [1.54, 1.807) is 24.3 Å². The number of rotatable bonds is 6. The number of hydrogen-bond acceptors (Lipinski definition) is 4. The highest BCUT2D eigenvalue weighted by atomic mass is 79.9. The zero-order chi connectivity index (χ0) is 26.9. The van der Waals surface area contributed by atoms with E-state index in [1.165, 1.54) is 24.4 Å². The summed E-state index contributed by atoms with van der Waals surface area (Å²) in [7, 11) is 0. The Labute approximate surface area is 230 Å². The van der Waals surface area contributed by atoms with Crippen LogP contribution in [0.3, 0.4) is 0 Å². The van der Waals surface area contributed by atoms with Crippen LogP contribution in [0.4, 0.5) is 18.9 Å². The van der Waals surface area contributed by atoms with Gasteiger partial charge >= 0.3 is 6.18 Å². The smallest absolute Gasteiger partial charge is 0.349 e. The van der Waals surface area contributed by atoms with Gasteiger partial charge in [-0.1, -0.05) is 39.7 Å². The highest BCUT2D eigenvalue weighted by molar-refractivity contribution is 9.11. The molecule has 2 aromatic carbocycles. The third-order valence-electron chi connectivity index (χ3n) is 5.10. The molecule has 2 aromatic heterocycles. The predicted octanol–water partition coefficient (Wildman–Crippen LogP) is 6.79. The number of nitrogens with one attached hydrogen (secondary N) is 2. The molecule has 0 radical (unpaired) electrons. The maximum atomic E-state index is 13.5. The normalized spacial score (nSPS) is 11.4. The summed E-state index contributed by atoms with van der Waals surface area (Å²) in [4.78, 5) is 30.3. The first kappa shape index (κ1) is 26.8. The van der Waals surface area contributed by atoms with Crippen molar-refractivity contribution in [1.82, 2.24) is 20.1 Å². The molecule has 2 heterocycles. The fourth-order valence-corrected chi connectivity index (χ4v) is 4.70. The number of aromatic nitrogens is 3. The van der Waals surface area contributed by atoms with Crippen LogP contribution in [0.1, 0.15) is 26.5 Å². The molecule has 0 saturated heterocycles. The number of alkyl halides is 3. The third kappa shape index (κ3) is 5.55. The predicted molar refractivity (Wildman–Crippen MR) is 141 cm³/mol. The van der Waals surface area contributed by atoms with Crippen LogP contribution in [0.15, 0.2) is 70.3 Å². The van der Waals surface area contributed by atoms with Gasteiger partial charge in [-0.3, -0.25) is 9.59 Å². The second-order valence-electron chi connectivity index (χ2n) is 7.56. The number of halogens is 6.